The van der Waals surface area contributed by atoms with Crippen molar-refractivity contribution in [1.82, 2.24) is 4.90 Å². The average molecular weight is 240 g/mol. The van der Waals surface area contributed by atoms with Gasteiger partial charge in [0.25, 0.3) is 0 Å². The molecule has 0 aromatic carbocycles. The Balaban J connectivity index is 1.85. The van der Waals surface area contributed by atoms with Gasteiger partial charge in [0, 0.05) is 24.7 Å². The Morgan fingerprint density at radius 3 is 2.59 bits per heavy atom. The summed E-state index contributed by atoms with van der Waals surface area (Å²) in [6, 6.07) is 1.57. The summed E-state index contributed by atoms with van der Waals surface area (Å²) in [5, 5.41) is 0. The summed E-state index contributed by atoms with van der Waals surface area (Å²) >= 11 is 0. The SMILES string of the molecule is CCOC(=O)CCN1C2CCCC1CC(N)C2. The lowest BCUT2D eigenvalue weighted by atomic mass is 9.82. The predicted molar refractivity (Wildman–Crippen MR) is 66.6 cm³/mol. The largest absolute Gasteiger partial charge is 0.466 e. The van der Waals surface area contributed by atoms with Gasteiger partial charge in [-0.25, -0.2) is 0 Å². The zero-order chi connectivity index (χ0) is 12.3. The normalized spacial score (nSPS) is 33.4. The number of esters is 1. The third-order valence-corrected chi connectivity index (χ3v) is 4.04. The fourth-order valence-corrected chi connectivity index (χ4v) is 3.34. The molecule has 0 amide bonds. The van der Waals surface area contributed by atoms with Gasteiger partial charge in [-0.3, -0.25) is 9.69 Å². The number of nitrogens with two attached hydrogens (primary N) is 1. The lowest BCUT2D eigenvalue weighted by Crippen LogP contribution is -2.55. The standard InChI is InChI=1S/C13H24N2O2/c1-2-17-13(16)6-7-15-11-4-3-5-12(15)9-10(14)8-11/h10-12H,2-9,14H2,1H3. The van der Waals surface area contributed by atoms with Crippen LogP contribution in [-0.4, -0.2) is 42.1 Å². The molecule has 0 aromatic heterocycles. The number of hydrogen-bond acceptors (Lipinski definition) is 4. The van der Waals surface area contributed by atoms with Crippen molar-refractivity contribution in [3.8, 4) is 0 Å². The summed E-state index contributed by atoms with van der Waals surface area (Å²) < 4.78 is 4.99. The second kappa shape index (κ2) is 5.83. The molecule has 0 spiro atoms. The van der Waals surface area contributed by atoms with Gasteiger partial charge in [0.05, 0.1) is 13.0 Å². The molecule has 2 saturated heterocycles. The van der Waals surface area contributed by atoms with E-state index in [1.165, 1.54) is 19.3 Å². The fourth-order valence-electron chi connectivity index (χ4n) is 3.34. The van der Waals surface area contributed by atoms with Crippen LogP contribution in [0.1, 0.15) is 45.4 Å². The van der Waals surface area contributed by atoms with Crippen LogP contribution in [0.2, 0.25) is 0 Å². The molecule has 2 fully saturated rings. The Bertz CT molecular complexity index is 256. The number of carbonyl (C=O) groups excluding carboxylic acids is 1. The molecule has 2 N–H and O–H groups in total. The maximum Gasteiger partial charge on any atom is 0.307 e. The van der Waals surface area contributed by atoms with Crippen LogP contribution in [-0.2, 0) is 9.53 Å². The fraction of sp³-hybridized carbons (Fsp3) is 0.923. The monoisotopic (exact) mass is 240 g/mol. The van der Waals surface area contributed by atoms with Crippen molar-refractivity contribution in [1.29, 1.82) is 0 Å². The third kappa shape index (κ3) is 3.19. The van der Waals surface area contributed by atoms with Crippen LogP contribution in [0.25, 0.3) is 0 Å². The minimum Gasteiger partial charge on any atom is -0.466 e. The first-order chi connectivity index (χ1) is 8.20. The summed E-state index contributed by atoms with van der Waals surface area (Å²) in [5.74, 6) is -0.0690. The Morgan fingerprint density at radius 1 is 1.35 bits per heavy atom. The smallest absolute Gasteiger partial charge is 0.307 e. The van der Waals surface area contributed by atoms with Gasteiger partial charge >= 0.3 is 5.97 Å². The quantitative estimate of drug-likeness (QED) is 0.752. The summed E-state index contributed by atoms with van der Waals surface area (Å²) in [6.07, 6.45) is 6.52. The highest BCUT2D eigenvalue weighted by atomic mass is 16.5. The second-order valence-electron chi connectivity index (χ2n) is 5.26. The van der Waals surface area contributed by atoms with Crippen LogP contribution in [0.4, 0.5) is 0 Å². The molecule has 98 valence electrons. The molecule has 0 aromatic rings. The van der Waals surface area contributed by atoms with Crippen molar-refractivity contribution in [3.05, 3.63) is 0 Å². The van der Waals surface area contributed by atoms with E-state index in [9.17, 15) is 4.79 Å². The number of hydrogen-bond donors (Lipinski definition) is 1. The summed E-state index contributed by atoms with van der Waals surface area (Å²) in [4.78, 5) is 13.9. The number of nitrogens with zero attached hydrogens (tertiary/aromatic N) is 1. The van der Waals surface area contributed by atoms with Crippen LogP contribution in [0.3, 0.4) is 0 Å². The minimum absolute atomic E-state index is 0.0690. The average Bonchev–Trinajstić information content (AvgIpc) is 2.26. The third-order valence-electron chi connectivity index (χ3n) is 4.04. The summed E-state index contributed by atoms with van der Waals surface area (Å²) in [5.41, 5.74) is 6.07. The molecule has 17 heavy (non-hydrogen) atoms. The van der Waals surface area contributed by atoms with Gasteiger partial charge in [-0.15, -0.1) is 0 Å². The van der Waals surface area contributed by atoms with Gasteiger partial charge < -0.3 is 10.5 Å². The first kappa shape index (κ1) is 12.8. The minimum atomic E-state index is -0.0690. The Kier molecular flexibility index (Phi) is 4.40. The first-order valence-corrected chi connectivity index (χ1v) is 6.87. The van der Waals surface area contributed by atoms with Gasteiger partial charge in [0.2, 0.25) is 0 Å². The first-order valence-electron chi connectivity index (χ1n) is 6.87. The molecule has 2 heterocycles. The Morgan fingerprint density at radius 2 is 2.00 bits per heavy atom. The van der Waals surface area contributed by atoms with Crippen LogP contribution in [0.5, 0.6) is 0 Å². The lowest BCUT2D eigenvalue weighted by Gasteiger charge is -2.48. The topological polar surface area (TPSA) is 55.6 Å². The molecule has 0 aliphatic carbocycles. The zero-order valence-corrected chi connectivity index (χ0v) is 10.7. The van der Waals surface area contributed by atoms with E-state index >= 15 is 0 Å². The molecule has 4 nitrogen and oxygen atoms in total. The van der Waals surface area contributed by atoms with E-state index in [1.54, 1.807) is 0 Å². The summed E-state index contributed by atoms with van der Waals surface area (Å²) in [6.45, 7) is 3.18. The van der Waals surface area contributed by atoms with Gasteiger partial charge in [0.1, 0.15) is 0 Å². The molecule has 0 radical (unpaired) electrons. The van der Waals surface area contributed by atoms with E-state index in [1.807, 2.05) is 6.92 Å². The number of carbonyl (C=O) groups is 1. The van der Waals surface area contributed by atoms with Crippen molar-refractivity contribution in [3.63, 3.8) is 0 Å². The molecule has 4 heteroatoms. The van der Waals surface area contributed by atoms with Crippen LogP contribution in [0.15, 0.2) is 0 Å². The molecule has 2 bridgehead atoms. The van der Waals surface area contributed by atoms with Crippen molar-refractivity contribution >= 4 is 5.97 Å². The van der Waals surface area contributed by atoms with E-state index in [2.05, 4.69) is 4.90 Å². The van der Waals surface area contributed by atoms with Crippen LogP contribution in [0, 0.1) is 0 Å². The molecule has 2 atom stereocenters. The molecule has 0 saturated carbocycles. The van der Waals surface area contributed by atoms with E-state index in [-0.39, 0.29) is 5.97 Å². The van der Waals surface area contributed by atoms with Crippen molar-refractivity contribution in [2.24, 2.45) is 5.73 Å². The molecule has 2 aliphatic rings. The molecular formula is C13H24N2O2. The van der Waals surface area contributed by atoms with E-state index in [4.69, 9.17) is 10.5 Å². The van der Waals surface area contributed by atoms with Gasteiger partial charge in [0.15, 0.2) is 0 Å². The highest BCUT2D eigenvalue weighted by Crippen LogP contribution is 2.33. The summed E-state index contributed by atoms with van der Waals surface area (Å²) in [7, 11) is 0. The maximum atomic E-state index is 11.4. The highest BCUT2D eigenvalue weighted by molar-refractivity contribution is 5.69. The van der Waals surface area contributed by atoms with Crippen molar-refractivity contribution in [2.75, 3.05) is 13.2 Å². The van der Waals surface area contributed by atoms with Crippen LogP contribution >= 0.6 is 0 Å². The zero-order valence-electron chi connectivity index (χ0n) is 10.7. The highest BCUT2D eigenvalue weighted by Gasteiger charge is 2.36. The molecule has 2 aliphatic heterocycles. The molecule has 2 rings (SSSR count). The number of fused-ring (bicyclic) bond motifs is 2. The predicted octanol–water partition coefficient (Wildman–Crippen LogP) is 1.28. The van der Waals surface area contributed by atoms with Crippen molar-refractivity contribution < 1.29 is 9.53 Å². The van der Waals surface area contributed by atoms with Gasteiger partial charge in [-0.1, -0.05) is 6.42 Å². The van der Waals surface area contributed by atoms with E-state index < -0.39 is 0 Å². The lowest BCUT2D eigenvalue weighted by molar-refractivity contribution is -0.144. The van der Waals surface area contributed by atoms with E-state index in [0.29, 0.717) is 31.2 Å². The second-order valence-corrected chi connectivity index (χ2v) is 5.26. The number of piperidine rings is 2. The number of rotatable bonds is 4. The maximum absolute atomic E-state index is 11.4. The van der Waals surface area contributed by atoms with E-state index in [0.717, 1.165) is 19.4 Å². The Labute approximate surface area is 103 Å². The van der Waals surface area contributed by atoms with Crippen molar-refractivity contribution in [2.45, 2.75) is 63.6 Å². The molecular weight excluding hydrogens is 216 g/mol. The Hall–Kier alpha value is -0.610. The molecule has 2 unspecified atom stereocenters. The van der Waals surface area contributed by atoms with Crippen LogP contribution < -0.4 is 5.73 Å². The van der Waals surface area contributed by atoms with Gasteiger partial charge in [-0.05, 0) is 32.6 Å². The van der Waals surface area contributed by atoms with Gasteiger partial charge in [-0.2, -0.15) is 0 Å². The number of ether oxygens (including phenoxy) is 1.